The molecule has 0 bridgehead atoms. The maximum Gasteiger partial charge on any atom is 0.0909 e. The van der Waals surface area contributed by atoms with E-state index in [4.69, 9.17) is 4.74 Å². The molecule has 2 atom stereocenters. The predicted molar refractivity (Wildman–Crippen MR) is 108 cm³/mol. The fraction of sp³-hybridized carbons (Fsp3) is 0.333. The first-order chi connectivity index (χ1) is 12.1. The highest BCUT2D eigenvalue weighted by atomic mass is 16.5. The first-order valence-electron chi connectivity index (χ1n) is 9.16. The monoisotopic (exact) mass is 334 g/mol. The van der Waals surface area contributed by atoms with Crippen LogP contribution in [0.2, 0.25) is 0 Å². The van der Waals surface area contributed by atoms with E-state index in [0.717, 1.165) is 25.7 Å². The van der Waals surface area contributed by atoms with Crippen LogP contribution in [0.15, 0.2) is 86.0 Å². The van der Waals surface area contributed by atoms with Gasteiger partial charge in [-0.25, -0.2) is 0 Å². The Morgan fingerprint density at radius 3 is 1.36 bits per heavy atom. The van der Waals surface area contributed by atoms with Gasteiger partial charge in [0.25, 0.3) is 0 Å². The minimum Gasteiger partial charge on any atom is -0.360 e. The van der Waals surface area contributed by atoms with Crippen LogP contribution in [0.3, 0.4) is 0 Å². The van der Waals surface area contributed by atoms with Crippen LogP contribution in [-0.4, -0.2) is 11.2 Å². The third-order valence-corrected chi connectivity index (χ3v) is 5.04. The molecule has 0 N–H and O–H groups in total. The molecule has 25 heavy (non-hydrogen) atoms. The molecule has 0 aliphatic rings. The normalized spacial score (nSPS) is 15.8. The van der Waals surface area contributed by atoms with Gasteiger partial charge in [-0.2, -0.15) is 0 Å². The molecule has 0 saturated heterocycles. The zero-order valence-corrected chi connectivity index (χ0v) is 15.6. The molecular weight excluding hydrogens is 304 g/mol. The lowest BCUT2D eigenvalue weighted by Gasteiger charge is -2.41. The molecule has 1 nitrogen and oxygen atoms in total. The summed E-state index contributed by atoms with van der Waals surface area (Å²) in [5.41, 5.74) is 1.72. The Balaban J connectivity index is 2.29. The standard InChI is InChI=1S/C24H30O/c1-5-23(6-2,19-21-15-11-9-12-16-21)25-24(7-3,8-4)20-22-17-13-10-14-18-22/h5,7,9-18H,1,3,6,8,19-20H2,2,4H3. The third-order valence-electron chi connectivity index (χ3n) is 5.04. The number of hydrogen-bond acceptors (Lipinski definition) is 1. The average molecular weight is 335 g/mol. The van der Waals surface area contributed by atoms with Crippen LogP contribution >= 0.6 is 0 Å². The molecule has 2 aromatic carbocycles. The van der Waals surface area contributed by atoms with Gasteiger partial charge in [0.2, 0.25) is 0 Å². The number of benzene rings is 2. The van der Waals surface area contributed by atoms with Crippen molar-refractivity contribution >= 4 is 0 Å². The zero-order chi connectivity index (χ0) is 18.2. The second-order valence-corrected chi connectivity index (χ2v) is 6.67. The summed E-state index contributed by atoms with van der Waals surface area (Å²) >= 11 is 0. The SMILES string of the molecule is C=CC(CC)(Cc1ccccc1)OC(C=C)(CC)Cc1ccccc1. The van der Waals surface area contributed by atoms with Crippen LogP contribution in [0, 0.1) is 0 Å². The molecule has 0 aliphatic heterocycles. The Morgan fingerprint density at radius 2 is 1.08 bits per heavy atom. The molecular formula is C24H30O. The van der Waals surface area contributed by atoms with E-state index in [-0.39, 0.29) is 0 Å². The van der Waals surface area contributed by atoms with Crippen molar-refractivity contribution in [2.24, 2.45) is 0 Å². The van der Waals surface area contributed by atoms with E-state index in [0.29, 0.717) is 0 Å². The summed E-state index contributed by atoms with van der Waals surface area (Å²) in [5.74, 6) is 0. The van der Waals surface area contributed by atoms with Gasteiger partial charge in [-0.05, 0) is 24.0 Å². The highest BCUT2D eigenvalue weighted by molar-refractivity contribution is 5.22. The predicted octanol–water partition coefficient (Wildman–Crippen LogP) is 6.16. The molecule has 2 rings (SSSR count). The number of ether oxygens (including phenoxy) is 1. The van der Waals surface area contributed by atoms with Crippen molar-refractivity contribution in [1.82, 2.24) is 0 Å². The average Bonchev–Trinajstić information content (AvgIpc) is 2.68. The van der Waals surface area contributed by atoms with Crippen LogP contribution in [0.4, 0.5) is 0 Å². The van der Waals surface area contributed by atoms with E-state index >= 15 is 0 Å². The zero-order valence-electron chi connectivity index (χ0n) is 15.6. The minimum absolute atomic E-state index is 0.402. The molecule has 1 heteroatoms. The van der Waals surface area contributed by atoms with Gasteiger partial charge in [-0.3, -0.25) is 0 Å². The van der Waals surface area contributed by atoms with E-state index in [1.54, 1.807) is 0 Å². The maximum atomic E-state index is 6.79. The van der Waals surface area contributed by atoms with Gasteiger partial charge in [-0.1, -0.05) is 86.7 Å². The third kappa shape index (κ3) is 4.93. The first kappa shape index (κ1) is 19.2. The van der Waals surface area contributed by atoms with E-state index in [2.05, 4.69) is 75.5 Å². The highest BCUT2D eigenvalue weighted by Gasteiger charge is 2.36. The van der Waals surface area contributed by atoms with Gasteiger partial charge in [-0.15, -0.1) is 13.2 Å². The lowest BCUT2D eigenvalue weighted by atomic mass is 9.86. The largest absolute Gasteiger partial charge is 0.360 e. The molecule has 0 spiro atoms. The second-order valence-electron chi connectivity index (χ2n) is 6.67. The van der Waals surface area contributed by atoms with Gasteiger partial charge >= 0.3 is 0 Å². The van der Waals surface area contributed by atoms with E-state index in [1.165, 1.54) is 11.1 Å². The topological polar surface area (TPSA) is 9.23 Å². The van der Waals surface area contributed by atoms with Crippen LogP contribution in [0.1, 0.15) is 37.8 Å². The van der Waals surface area contributed by atoms with Gasteiger partial charge in [0.15, 0.2) is 0 Å². The van der Waals surface area contributed by atoms with E-state index in [1.807, 2.05) is 24.3 Å². The molecule has 0 amide bonds. The van der Waals surface area contributed by atoms with Crippen molar-refractivity contribution in [2.45, 2.75) is 50.7 Å². The Bertz CT molecular complexity index is 602. The van der Waals surface area contributed by atoms with Crippen molar-refractivity contribution in [3.8, 4) is 0 Å². The molecule has 0 aromatic heterocycles. The minimum atomic E-state index is -0.402. The summed E-state index contributed by atoms with van der Waals surface area (Å²) in [7, 11) is 0. The van der Waals surface area contributed by atoms with Gasteiger partial charge < -0.3 is 4.74 Å². The van der Waals surface area contributed by atoms with Crippen molar-refractivity contribution in [2.75, 3.05) is 0 Å². The smallest absolute Gasteiger partial charge is 0.0909 e. The van der Waals surface area contributed by atoms with Crippen LogP contribution in [-0.2, 0) is 17.6 Å². The van der Waals surface area contributed by atoms with Crippen molar-refractivity contribution in [1.29, 1.82) is 0 Å². The van der Waals surface area contributed by atoms with Crippen LogP contribution < -0.4 is 0 Å². The summed E-state index contributed by atoms with van der Waals surface area (Å²) in [4.78, 5) is 0. The van der Waals surface area contributed by atoms with Gasteiger partial charge in [0, 0.05) is 12.8 Å². The summed E-state index contributed by atoms with van der Waals surface area (Å²) in [6.45, 7) is 12.5. The molecule has 0 radical (unpaired) electrons. The van der Waals surface area contributed by atoms with E-state index in [9.17, 15) is 0 Å². The maximum absolute atomic E-state index is 6.79. The number of rotatable bonds is 10. The van der Waals surface area contributed by atoms with Gasteiger partial charge in [0.1, 0.15) is 0 Å². The summed E-state index contributed by atoms with van der Waals surface area (Å²) in [6.07, 6.45) is 7.32. The Kier molecular flexibility index (Phi) is 6.78. The lowest BCUT2D eigenvalue weighted by molar-refractivity contribution is -0.110. The second kappa shape index (κ2) is 8.82. The Morgan fingerprint density at radius 1 is 0.720 bits per heavy atom. The summed E-state index contributed by atoms with van der Waals surface area (Å²) in [6, 6.07) is 21.0. The van der Waals surface area contributed by atoms with E-state index < -0.39 is 11.2 Å². The van der Waals surface area contributed by atoms with Gasteiger partial charge in [0.05, 0.1) is 11.2 Å². The number of hydrogen-bond donors (Lipinski definition) is 0. The quantitative estimate of drug-likeness (QED) is 0.473. The van der Waals surface area contributed by atoms with Crippen molar-refractivity contribution in [3.05, 3.63) is 97.1 Å². The molecule has 0 aliphatic carbocycles. The first-order valence-corrected chi connectivity index (χ1v) is 9.16. The van der Waals surface area contributed by atoms with Crippen LogP contribution in [0.5, 0.6) is 0 Å². The molecule has 0 fully saturated rings. The van der Waals surface area contributed by atoms with Crippen molar-refractivity contribution in [3.63, 3.8) is 0 Å². The molecule has 0 saturated carbocycles. The Hall–Kier alpha value is -2.12. The fourth-order valence-electron chi connectivity index (χ4n) is 3.27. The summed E-state index contributed by atoms with van der Waals surface area (Å²) < 4.78 is 6.79. The molecule has 0 heterocycles. The Labute approximate surface area is 153 Å². The highest BCUT2D eigenvalue weighted by Crippen LogP contribution is 2.34. The molecule has 2 aromatic rings. The molecule has 2 unspecified atom stereocenters. The summed E-state index contributed by atoms with van der Waals surface area (Å²) in [5, 5.41) is 0. The lowest BCUT2D eigenvalue weighted by Crippen LogP contribution is -2.44. The molecule has 132 valence electrons. The van der Waals surface area contributed by atoms with Crippen LogP contribution in [0.25, 0.3) is 0 Å². The van der Waals surface area contributed by atoms with Crippen molar-refractivity contribution < 1.29 is 4.74 Å². The fourth-order valence-corrected chi connectivity index (χ4v) is 3.27.